The smallest absolute Gasteiger partial charge is 0.172 e. The van der Waals surface area contributed by atoms with Gasteiger partial charge in [0.2, 0.25) is 0 Å². The van der Waals surface area contributed by atoms with Crippen LogP contribution in [-0.4, -0.2) is 10.2 Å². The quantitative estimate of drug-likeness (QED) is 0.472. The van der Waals surface area contributed by atoms with Crippen LogP contribution in [0.4, 0.5) is 0 Å². The van der Waals surface area contributed by atoms with Gasteiger partial charge >= 0.3 is 0 Å². The lowest BCUT2D eigenvalue weighted by atomic mass is 10.0. The predicted molar refractivity (Wildman–Crippen MR) is 68.2 cm³/mol. The van der Waals surface area contributed by atoms with Gasteiger partial charge in [0, 0.05) is 5.56 Å². The van der Waals surface area contributed by atoms with Crippen LogP contribution < -0.4 is 0 Å². The van der Waals surface area contributed by atoms with Crippen LogP contribution in [0.25, 0.3) is 0 Å². The van der Waals surface area contributed by atoms with Gasteiger partial charge in [0.1, 0.15) is 0 Å². The van der Waals surface area contributed by atoms with E-state index in [0.717, 1.165) is 12.0 Å². The Labute approximate surface area is 99.0 Å². The summed E-state index contributed by atoms with van der Waals surface area (Å²) in [5.74, 6) is 0.878. The van der Waals surface area contributed by atoms with Crippen LogP contribution in [0.3, 0.4) is 0 Å². The summed E-state index contributed by atoms with van der Waals surface area (Å²) in [5, 5.41) is 0. The van der Waals surface area contributed by atoms with Crippen molar-refractivity contribution in [1.29, 1.82) is 0 Å². The zero-order valence-electron chi connectivity index (χ0n) is 8.59. The van der Waals surface area contributed by atoms with E-state index in [0.29, 0.717) is 10.3 Å². The van der Waals surface area contributed by atoms with Gasteiger partial charge < -0.3 is 0 Å². The second-order valence-electron chi connectivity index (χ2n) is 3.85. The van der Waals surface area contributed by atoms with E-state index >= 15 is 0 Å². The molecule has 1 rings (SSSR count). The number of hydrogen-bond acceptors (Lipinski definition) is 1. The molecule has 0 radical (unpaired) electrons. The molecule has 0 aromatic heterocycles. The number of ketones is 1. The number of rotatable bonds is 4. The van der Waals surface area contributed by atoms with Gasteiger partial charge in [-0.25, -0.2) is 0 Å². The van der Waals surface area contributed by atoms with E-state index in [1.807, 2.05) is 12.1 Å². The standard InChI is InChI=1S/C12H15IO/c1-9(2)7-10-3-5-11(6-4-10)12(14)8-13/h3-6,9H,7-8H2,1-2H3. The summed E-state index contributed by atoms with van der Waals surface area (Å²) in [4.78, 5) is 11.3. The Morgan fingerprint density at radius 3 is 2.29 bits per heavy atom. The van der Waals surface area contributed by atoms with Crippen LogP contribution >= 0.6 is 22.6 Å². The SMILES string of the molecule is CC(C)Cc1ccc(C(=O)CI)cc1. The number of carbonyl (C=O) groups excluding carboxylic acids is 1. The maximum Gasteiger partial charge on any atom is 0.172 e. The Morgan fingerprint density at radius 2 is 1.86 bits per heavy atom. The van der Waals surface area contributed by atoms with E-state index < -0.39 is 0 Å². The fourth-order valence-electron chi connectivity index (χ4n) is 1.38. The molecular formula is C12H15IO. The summed E-state index contributed by atoms with van der Waals surface area (Å²) in [6.07, 6.45) is 1.08. The molecule has 0 aliphatic rings. The van der Waals surface area contributed by atoms with Gasteiger partial charge in [-0.15, -0.1) is 0 Å². The highest BCUT2D eigenvalue weighted by atomic mass is 127. The minimum atomic E-state index is 0.210. The van der Waals surface area contributed by atoms with Crippen molar-refractivity contribution < 1.29 is 4.79 Å². The van der Waals surface area contributed by atoms with E-state index in [1.165, 1.54) is 5.56 Å². The fraction of sp³-hybridized carbons (Fsp3) is 0.417. The zero-order valence-corrected chi connectivity index (χ0v) is 10.7. The lowest BCUT2D eigenvalue weighted by molar-refractivity contribution is 0.102. The van der Waals surface area contributed by atoms with Crippen molar-refractivity contribution >= 4 is 28.4 Å². The second-order valence-corrected chi connectivity index (χ2v) is 4.61. The number of alkyl halides is 1. The van der Waals surface area contributed by atoms with Gasteiger partial charge in [-0.2, -0.15) is 0 Å². The summed E-state index contributed by atoms with van der Waals surface area (Å²) >= 11 is 2.10. The van der Waals surface area contributed by atoms with Gasteiger partial charge in [-0.05, 0) is 17.9 Å². The summed E-state index contributed by atoms with van der Waals surface area (Å²) in [7, 11) is 0. The Morgan fingerprint density at radius 1 is 1.29 bits per heavy atom. The van der Waals surface area contributed by atoms with Crippen LogP contribution in [-0.2, 0) is 6.42 Å². The van der Waals surface area contributed by atoms with E-state index in [-0.39, 0.29) is 5.78 Å². The summed E-state index contributed by atoms with van der Waals surface area (Å²) in [5.41, 5.74) is 2.14. The van der Waals surface area contributed by atoms with E-state index in [2.05, 4.69) is 48.6 Å². The van der Waals surface area contributed by atoms with Crippen LogP contribution in [0.15, 0.2) is 24.3 Å². The maximum absolute atomic E-state index is 11.3. The zero-order chi connectivity index (χ0) is 10.6. The van der Waals surface area contributed by atoms with E-state index in [9.17, 15) is 4.79 Å². The molecule has 0 amide bonds. The molecule has 0 saturated carbocycles. The molecule has 0 N–H and O–H groups in total. The van der Waals surface area contributed by atoms with Crippen molar-refractivity contribution in [3.05, 3.63) is 35.4 Å². The predicted octanol–water partition coefficient (Wildman–Crippen LogP) is 3.50. The van der Waals surface area contributed by atoms with Crippen molar-refractivity contribution in [2.45, 2.75) is 20.3 Å². The monoisotopic (exact) mass is 302 g/mol. The maximum atomic E-state index is 11.3. The number of hydrogen-bond donors (Lipinski definition) is 0. The number of Topliss-reactive ketones (excluding diaryl/α,β-unsaturated/α-hetero) is 1. The third-order valence-electron chi connectivity index (χ3n) is 2.04. The largest absolute Gasteiger partial charge is 0.293 e. The number of benzene rings is 1. The summed E-state index contributed by atoms with van der Waals surface area (Å²) < 4.78 is 0.557. The van der Waals surface area contributed by atoms with Crippen LogP contribution in [0.5, 0.6) is 0 Å². The van der Waals surface area contributed by atoms with Gasteiger partial charge in [0.15, 0.2) is 5.78 Å². The molecule has 0 aliphatic heterocycles. The first-order valence-corrected chi connectivity index (χ1v) is 6.34. The Bertz CT molecular complexity index is 301. The summed E-state index contributed by atoms with van der Waals surface area (Å²) in [6, 6.07) is 7.97. The Balaban J connectivity index is 2.73. The number of halogens is 1. The molecule has 2 heteroatoms. The molecule has 1 aromatic carbocycles. The Hall–Kier alpha value is -0.380. The molecule has 0 saturated heterocycles. The molecule has 1 nitrogen and oxygen atoms in total. The number of carbonyl (C=O) groups is 1. The Kier molecular flexibility index (Phi) is 4.58. The molecular weight excluding hydrogens is 287 g/mol. The lowest BCUT2D eigenvalue weighted by Crippen LogP contribution is -2.00. The molecule has 0 aliphatic carbocycles. The average Bonchev–Trinajstić information content (AvgIpc) is 2.17. The normalized spacial score (nSPS) is 10.6. The highest BCUT2D eigenvalue weighted by Crippen LogP contribution is 2.10. The minimum absolute atomic E-state index is 0.210. The molecule has 0 bridgehead atoms. The topological polar surface area (TPSA) is 17.1 Å². The molecule has 0 fully saturated rings. The molecule has 76 valence electrons. The third-order valence-corrected chi connectivity index (χ3v) is 2.73. The molecule has 14 heavy (non-hydrogen) atoms. The van der Waals surface area contributed by atoms with Gasteiger partial charge in [0.05, 0.1) is 4.43 Å². The summed E-state index contributed by atoms with van der Waals surface area (Å²) in [6.45, 7) is 4.40. The van der Waals surface area contributed by atoms with Gasteiger partial charge in [-0.1, -0.05) is 60.7 Å². The van der Waals surface area contributed by atoms with Gasteiger partial charge in [0.25, 0.3) is 0 Å². The van der Waals surface area contributed by atoms with E-state index in [4.69, 9.17) is 0 Å². The minimum Gasteiger partial charge on any atom is -0.293 e. The first kappa shape index (κ1) is 11.7. The fourth-order valence-corrected chi connectivity index (χ4v) is 1.82. The first-order chi connectivity index (χ1) is 6.63. The molecule has 0 atom stereocenters. The lowest BCUT2D eigenvalue weighted by Gasteiger charge is -2.05. The average molecular weight is 302 g/mol. The van der Waals surface area contributed by atoms with Crippen molar-refractivity contribution in [2.75, 3.05) is 4.43 Å². The molecule has 0 unspecified atom stereocenters. The highest BCUT2D eigenvalue weighted by molar-refractivity contribution is 14.1. The highest BCUT2D eigenvalue weighted by Gasteiger charge is 2.03. The van der Waals surface area contributed by atoms with Crippen molar-refractivity contribution in [2.24, 2.45) is 5.92 Å². The van der Waals surface area contributed by atoms with Gasteiger partial charge in [-0.3, -0.25) is 4.79 Å². The molecule has 1 aromatic rings. The second kappa shape index (κ2) is 5.49. The first-order valence-electron chi connectivity index (χ1n) is 4.81. The van der Waals surface area contributed by atoms with E-state index in [1.54, 1.807) is 0 Å². The van der Waals surface area contributed by atoms with Crippen molar-refractivity contribution in [3.8, 4) is 0 Å². The third kappa shape index (κ3) is 3.40. The van der Waals surface area contributed by atoms with Crippen LogP contribution in [0.2, 0.25) is 0 Å². The van der Waals surface area contributed by atoms with Crippen molar-refractivity contribution in [3.63, 3.8) is 0 Å². The van der Waals surface area contributed by atoms with Crippen molar-refractivity contribution in [1.82, 2.24) is 0 Å². The van der Waals surface area contributed by atoms with Crippen LogP contribution in [0, 0.1) is 5.92 Å². The molecule has 0 spiro atoms. The van der Waals surface area contributed by atoms with Crippen LogP contribution in [0.1, 0.15) is 29.8 Å². The molecule has 0 heterocycles.